The second-order valence-electron chi connectivity index (χ2n) is 5.41. The van der Waals surface area contributed by atoms with Crippen LogP contribution in [0.4, 0.5) is 0 Å². The van der Waals surface area contributed by atoms with Crippen LogP contribution >= 0.6 is 36.2 Å². The number of thiazole rings is 1. The third-order valence-electron chi connectivity index (χ3n) is 4.03. The van der Waals surface area contributed by atoms with Crippen LogP contribution in [0.1, 0.15) is 36.4 Å². The average Bonchev–Trinajstić information content (AvgIpc) is 2.93. The predicted octanol–water partition coefficient (Wildman–Crippen LogP) is 2.40. The zero-order valence-electron chi connectivity index (χ0n) is 11.5. The van der Waals surface area contributed by atoms with Crippen molar-refractivity contribution < 1.29 is 4.79 Å². The van der Waals surface area contributed by atoms with Crippen LogP contribution < -0.4 is 10.6 Å². The topological polar surface area (TPSA) is 54.0 Å². The monoisotopic (exact) mass is 337 g/mol. The number of rotatable bonds is 3. The Labute approximate surface area is 135 Å². The van der Waals surface area contributed by atoms with Gasteiger partial charge in [-0.2, -0.15) is 0 Å². The Kier molecular flexibility index (Phi) is 6.25. The van der Waals surface area contributed by atoms with E-state index in [0.29, 0.717) is 0 Å². The molecule has 1 aliphatic heterocycles. The molecule has 0 spiro atoms. The SMILES string of the molecule is Cc1csc(C2(NC(=O)C3CCNC3)CCC2)n1.Cl.Cl. The van der Waals surface area contributed by atoms with Gasteiger partial charge in [0.2, 0.25) is 5.91 Å². The summed E-state index contributed by atoms with van der Waals surface area (Å²) >= 11 is 1.68. The van der Waals surface area contributed by atoms with Crippen LogP contribution in [-0.4, -0.2) is 24.0 Å². The van der Waals surface area contributed by atoms with E-state index >= 15 is 0 Å². The molecule has 2 heterocycles. The lowest BCUT2D eigenvalue weighted by Crippen LogP contribution is -2.52. The molecule has 3 rings (SSSR count). The van der Waals surface area contributed by atoms with Gasteiger partial charge in [0.05, 0.1) is 11.5 Å². The molecule has 1 aliphatic carbocycles. The van der Waals surface area contributed by atoms with Crippen molar-refractivity contribution in [3.05, 3.63) is 16.1 Å². The molecule has 7 heteroatoms. The fourth-order valence-corrected chi connectivity index (χ4v) is 3.73. The van der Waals surface area contributed by atoms with Crippen molar-refractivity contribution in [2.24, 2.45) is 5.92 Å². The summed E-state index contributed by atoms with van der Waals surface area (Å²) in [5, 5.41) is 9.67. The van der Waals surface area contributed by atoms with Crippen LogP contribution in [0, 0.1) is 12.8 Å². The van der Waals surface area contributed by atoms with Crippen molar-refractivity contribution >= 4 is 42.1 Å². The van der Waals surface area contributed by atoms with Crippen molar-refractivity contribution in [2.45, 2.75) is 38.1 Å². The minimum atomic E-state index is -0.154. The van der Waals surface area contributed by atoms with Crippen molar-refractivity contribution in [1.29, 1.82) is 0 Å². The van der Waals surface area contributed by atoms with Gasteiger partial charge in [-0.25, -0.2) is 4.98 Å². The number of nitrogens with zero attached hydrogens (tertiary/aromatic N) is 1. The quantitative estimate of drug-likeness (QED) is 0.890. The first-order valence-electron chi connectivity index (χ1n) is 6.65. The van der Waals surface area contributed by atoms with Gasteiger partial charge in [-0.05, 0) is 39.2 Å². The van der Waals surface area contributed by atoms with Crippen molar-refractivity contribution in [3.8, 4) is 0 Å². The number of carbonyl (C=O) groups excluding carboxylic acids is 1. The van der Waals surface area contributed by atoms with Crippen LogP contribution in [0.25, 0.3) is 0 Å². The summed E-state index contributed by atoms with van der Waals surface area (Å²) in [5.74, 6) is 0.344. The molecule has 1 aromatic rings. The van der Waals surface area contributed by atoms with Crippen LogP contribution in [0.5, 0.6) is 0 Å². The first-order valence-corrected chi connectivity index (χ1v) is 7.53. The van der Waals surface area contributed by atoms with E-state index in [4.69, 9.17) is 0 Å². The lowest BCUT2D eigenvalue weighted by atomic mass is 9.76. The van der Waals surface area contributed by atoms with Gasteiger partial charge in [0.15, 0.2) is 0 Å². The molecule has 1 aromatic heterocycles. The fraction of sp³-hybridized carbons (Fsp3) is 0.692. The van der Waals surface area contributed by atoms with Gasteiger partial charge in [0.1, 0.15) is 5.01 Å². The van der Waals surface area contributed by atoms with Crippen molar-refractivity contribution in [3.63, 3.8) is 0 Å². The molecule has 114 valence electrons. The van der Waals surface area contributed by atoms with Gasteiger partial charge in [0.25, 0.3) is 0 Å². The number of aryl methyl sites for hydroxylation is 1. The molecule has 2 aliphatic rings. The third kappa shape index (κ3) is 3.27. The van der Waals surface area contributed by atoms with Gasteiger partial charge in [-0.1, -0.05) is 0 Å². The highest BCUT2D eigenvalue weighted by atomic mass is 35.5. The van der Waals surface area contributed by atoms with Crippen LogP contribution in [0.3, 0.4) is 0 Å². The molecule has 4 nitrogen and oxygen atoms in total. The summed E-state index contributed by atoms with van der Waals surface area (Å²) in [5.41, 5.74) is 0.900. The molecule has 0 bridgehead atoms. The molecule has 2 N–H and O–H groups in total. The fourth-order valence-electron chi connectivity index (χ4n) is 2.71. The van der Waals surface area contributed by atoms with Crippen molar-refractivity contribution in [2.75, 3.05) is 13.1 Å². The Bertz CT molecular complexity index is 456. The van der Waals surface area contributed by atoms with Gasteiger partial charge >= 0.3 is 0 Å². The molecular formula is C13H21Cl2N3OS. The number of halogens is 2. The van der Waals surface area contributed by atoms with Gasteiger partial charge in [0, 0.05) is 17.6 Å². The van der Waals surface area contributed by atoms with Gasteiger partial charge in [-0.15, -0.1) is 36.2 Å². The van der Waals surface area contributed by atoms with E-state index in [1.165, 1.54) is 6.42 Å². The summed E-state index contributed by atoms with van der Waals surface area (Å²) in [7, 11) is 0. The summed E-state index contributed by atoms with van der Waals surface area (Å²) in [6, 6.07) is 0. The minimum absolute atomic E-state index is 0. The predicted molar refractivity (Wildman–Crippen MR) is 86.0 cm³/mol. The summed E-state index contributed by atoms with van der Waals surface area (Å²) < 4.78 is 0. The average molecular weight is 338 g/mol. The second-order valence-corrected chi connectivity index (χ2v) is 6.27. The molecule has 0 aromatic carbocycles. The third-order valence-corrected chi connectivity index (χ3v) is 5.19. The van der Waals surface area contributed by atoms with E-state index < -0.39 is 0 Å². The second kappa shape index (κ2) is 7.07. The van der Waals surface area contributed by atoms with E-state index in [0.717, 1.165) is 43.1 Å². The largest absolute Gasteiger partial charge is 0.344 e. The Morgan fingerprint density at radius 2 is 2.25 bits per heavy atom. The maximum Gasteiger partial charge on any atom is 0.225 e. The van der Waals surface area contributed by atoms with E-state index in [1.54, 1.807) is 11.3 Å². The van der Waals surface area contributed by atoms with E-state index in [-0.39, 0.29) is 42.2 Å². The molecular weight excluding hydrogens is 317 g/mol. The minimum Gasteiger partial charge on any atom is -0.344 e. The highest BCUT2D eigenvalue weighted by Crippen LogP contribution is 2.42. The lowest BCUT2D eigenvalue weighted by molar-refractivity contribution is -0.127. The Morgan fingerprint density at radius 1 is 1.50 bits per heavy atom. The summed E-state index contributed by atoms with van der Waals surface area (Å²) in [6.07, 6.45) is 4.21. The first-order chi connectivity index (χ1) is 8.70. The standard InChI is InChI=1S/C13H19N3OS.2ClH/c1-9-8-18-12(15-9)13(4-2-5-13)16-11(17)10-3-6-14-7-10;;/h8,10,14H,2-7H2,1H3,(H,16,17);2*1H. The van der Waals surface area contributed by atoms with Crippen molar-refractivity contribution in [1.82, 2.24) is 15.6 Å². The number of hydrogen-bond acceptors (Lipinski definition) is 4. The molecule has 20 heavy (non-hydrogen) atoms. The first kappa shape index (κ1) is 17.7. The van der Waals surface area contributed by atoms with E-state index in [9.17, 15) is 4.79 Å². The van der Waals surface area contributed by atoms with Gasteiger partial charge in [-0.3, -0.25) is 4.79 Å². The van der Waals surface area contributed by atoms with Gasteiger partial charge < -0.3 is 10.6 Å². The molecule has 1 amide bonds. The molecule has 2 fully saturated rings. The highest BCUT2D eigenvalue weighted by molar-refractivity contribution is 7.09. The van der Waals surface area contributed by atoms with E-state index in [2.05, 4.69) is 21.0 Å². The number of carbonyl (C=O) groups is 1. The smallest absolute Gasteiger partial charge is 0.225 e. The van der Waals surface area contributed by atoms with Crippen LogP contribution in [0.15, 0.2) is 5.38 Å². The molecule has 1 saturated heterocycles. The summed E-state index contributed by atoms with van der Waals surface area (Å²) in [4.78, 5) is 16.8. The Hall–Kier alpha value is -0.360. The maximum atomic E-state index is 12.3. The highest BCUT2D eigenvalue weighted by Gasteiger charge is 2.43. The number of amides is 1. The normalized spacial score (nSPS) is 23.1. The zero-order valence-corrected chi connectivity index (χ0v) is 13.9. The maximum absolute atomic E-state index is 12.3. The van der Waals surface area contributed by atoms with Crippen LogP contribution in [0.2, 0.25) is 0 Å². The molecule has 1 atom stereocenters. The lowest BCUT2D eigenvalue weighted by Gasteiger charge is -2.41. The number of aromatic nitrogens is 1. The summed E-state index contributed by atoms with van der Waals surface area (Å²) in [6.45, 7) is 3.79. The molecule has 1 saturated carbocycles. The number of hydrogen-bond donors (Lipinski definition) is 2. The van der Waals surface area contributed by atoms with Crippen LogP contribution in [-0.2, 0) is 10.3 Å². The van der Waals surface area contributed by atoms with E-state index in [1.807, 2.05) is 6.92 Å². The zero-order chi connectivity index (χ0) is 12.6. The Balaban J connectivity index is 0.000001000. The molecule has 1 unspecified atom stereocenters. The molecule has 0 radical (unpaired) electrons. The Morgan fingerprint density at radius 3 is 2.70 bits per heavy atom. The number of nitrogens with one attached hydrogen (secondary N) is 2.